The van der Waals surface area contributed by atoms with Gasteiger partial charge in [-0.1, -0.05) is 116 Å². The van der Waals surface area contributed by atoms with Gasteiger partial charge in [-0.2, -0.15) is 0 Å². The first-order valence-corrected chi connectivity index (χ1v) is 23.3. The van der Waals surface area contributed by atoms with E-state index in [1.54, 1.807) is 0 Å². The zero-order valence-electron chi connectivity index (χ0n) is 40.6. The average molecular weight is 835 g/mol. The third kappa shape index (κ3) is 28.8. The Balaban J connectivity index is 2.28. The highest BCUT2D eigenvalue weighted by molar-refractivity contribution is 5.89. The molecule has 0 atom stereocenters. The van der Waals surface area contributed by atoms with Crippen LogP contribution in [0.1, 0.15) is 208 Å². The lowest BCUT2D eigenvalue weighted by Gasteiger charge is -2.07. The molecule has 338 valence electrons. The van der Waals surface area contributed by atoms with E-state index in [9.17, 15) is 20.1 Å². The zero-order chi connectivity index (χ0) is 45.6. The molecular formula is C57H86O4. The van der Waals surface area contributed by atoms with E-state index in [1.807, 2.05) is 13.0 Å². The first-order valence-electron chi connectivity index (χ1n) is 23.3. The minimum Gasteiger partial charge on any atom is -0.504 e. The third-order valence-electron chi connectivity index (χ3n) is 11.4. The summed E-state index contributed by atoms with van der Waals surface area (Å²) in [7, 11) is 0. The van der Waals surface area contributed by atoms with Gasteiger partial charge in [0.05, 0.1) is 5.56 Å². The molecule has 1 aromatic rings. The number of hydrogen-bond acceptors (Lipinski definition) is 3. The Morgan fingerprint density at radius 2 is 0.639 bits per heavy atom. The molecular weight excluding hydrogens is 749 g/mol. The van der Waals surface area contributed by atoms with Gasteiger partial charge in [0, 0.05) is 5.56 Å². The number of aromatic hydroxyl groups is 2. The quantitative estimate of drug-likeness (QED) is 0.0533. The molecule has 0 aliphatic heterocycles. The Hall–Kier alpha value is -4.31. The summed E-state index contributed by atoms with van der Waals surface area (Å²) >= 11 is 0. The molecule has 0 unspecified atom stereocenters. The SMILES string of the molecule is CC(C)=CCCC(C)=CCCC(C)=CCCC(C)=CCCC(C)=CCCC(C)=CCCC(C)=CCCC(C)=CCCC(C)=CCCC(C)=CCc1cc(C(=O)O)cc(O)c1O. The Morgan fingerprint density at radius 1 is 0.393 bits per heavy atom. The van der Waals surface area contributed by atoms with Gasteiger partial charge in [0.1, 0.15) is 0 Å². The van der Waals surface area contributed by atoms with Crippen LogP contribution in [0.5, 0.6) is 11.5 Å². The fourth-order valence-electron chi connectivity index (χ4n) is 7.12. The summed E-state index contributed by atoms with van der Waals surface area (Å²) in [6.07, 6.45) is 43.9. The number of allylic oxidation sites excluding steroid dienone is 20. The molecule has 61 heavy (non-hydrogen) atoms. The van der Waals surface area contributed by atoms with E-state index in [0.717, 1.165) is 114 Å². The van der Waals surface area contributed by atoms with Crippen molar-refractivity contribution in [1.82, 2.24) is 0 Å². The summed E-state index contributed by atoms with van der Waals surface area (Å²) in [5, 5.41) is 29.2. The lowest BCUT2D eigenvalue weighted by atomic mass is 10.0. The maximum atomic E-state index is 11.3. The van der Waals surface area contributed by atoms with Crippen molar-refractivity contribution in [2.24, 2.45) is 0 Å². The molecule has 1 rings (SSSR count). The number of aromatic carboxylic acids is 1. The van der Waals surface area contributed by atoms with Crippen LogP contribution in [0.3, 0.4) is 0 Å². The van der Waals surface area contributed by atoms with Gasteiger partial charge in [-0.15, -0.1) is 0 Å². The number of phenolic OH excluding ortho intramolecular Hbond substituents is 2. The van der Waals surface area contributed by atoms with Gasteiger partial charge < -0.3 is 15.3 Å². The fraction of sp³-hybridized carbons (Fsp3) is 0.526. The van der Waals surface area contributed by atoms with Crippen molar-refractivity contribution in [2.45, 2.75) is 198 Å². The molecule has 0 fully saturated rings. The van der Waals surface area contributed by atoms with Crippen molar-refractivity contribution >= 4 is 5.97 Å². The number of phenols is 2. The van der Waals surface area contributed by atoms with Gasteiger partial charge in [0.15, 0.2) is 11.5 Å². The molecule has 1 aromatic carbocycles. The van der Waals surface area contributed by atoms with Gasteiger partial charge >= 0.3 is 5.97 Å². The standard InChI is InChI=1S/C57H86O4/c1-43(2)21-12-22-44(3)23-13-24-45(4)25-14-26-46(5)27-15-28-47(6)29-16-30-48(7)31-17-32-49(8)33-18-34-50(9)35-19-36-51(10)37-20-38-52(11)39-40-53-41-54(57(60)61)42-55(58)56(53)59/h21,23,25,27,29,31,33,35,37,39,41-42,58-59H,12-20,22,24,26,28,30,32,34,36,38,40H2,1-11H3,(H,60,61). The number of rotatable bonds is 30. The minimum absolute atomic E-state index is 0.0324. The summed E-state index contributed by atoms with van der Waals surface area (Å²) in [5.41, 5.74) is 14.8. The van der Waals surface area contributed by atoms with Gasteiger partial charge in [0.2, 0.25) is 0 Å². The molecule has 0 aliphatic carbocycles. The number of hydrogen-bond donors (Lipinski definition) is 3. The molecule has 0 aromatic heterocycles. The molecule has 0 amide bonds. The van der Waals surface area contributed by atoms with Crippen molar-refractivity contribution in [2.75, 3.05) is 0 Å². The first kappa shape index (κ1) is 54.7. The van der Waals surface area contributed by atoms with Gasteiger partial charge in [-0.3, -0.25) is 0 Å². The number of carbonyl (C=O) groups is 1. The van der Waals surface area contributed by atoms with Crippen LogP contribution in [0.25, 0.3) is 0 Å². The van der Waals surface area contributed by atoms with Crippen LogP contribution in [0.4, 0.5) is 0 Å². The van der Waals surface area contributed by atoms with Crippen LogP contribution < -0.4 is 0 Å². The Morgan fingerprint density at radius 3 is 0.885 bits per heavy atom. The van der Waals surface area contributed by atoms with Crippen LogP contribution >= 0.6 is 0 Å². The van der Waals surface area contributed by atoms with Crippen molar-refractivity contribution in [1.29, 1.82) is 0 Å². The van der Waals surface area contributed by atoms with Crippen LogP contribution in [0.15, 0.2) is 129 Å². The number of carboxylic acids is 1. The first-order chi connectivity index (χ1) is 29.0. The van der Waals surface area contributed by atoms with Crippen LogP contribution in [-0.2, 0) is 6.42 Å². The molecule has 3 N–H and O–H groups in total. The second kappa shape index (κ2) is 32.4. The molecule has 0 saturated carbocycles. The van der Waals surface area contributed by atoms with Crippen molar-refractivity contribution in [3.63, 3.8) is 0 Å². The smallest absolute Gasteiger partial charge is 0.335 e. The maximum Gasteiger partial charge on any atom is 0.335 e. The Bertz CT molecular complexity index is 1810. The van der Waals surface area contributed by atoms with E-state index in [1.165, 1.54) is 69.1 Å². The molecule has 0 saturated heterocycles. The van der Waals surface area contributed by atoms with Crippen LogP contribution in [0.2, 0.25) is 0 Å². The predicted octanol–water partition coefficient (Wildman–Crippen LogP) is 17.8. The largest absolute Gasteiger partial charge is 0.504 e. The summed E-state index contributed by atoms with van der Waals surface area (Å²) in [4.78, 5) is 11.3. The third-order valence-corrected chi connectivity index (χ3v) is 11.4. The lowest BCUT2D eigenvalue weighted by Crippen LogP contribution is -1.98. The van der Waals surface area contributed by atoms with Gasteiger partial charge in [-0.25, -0.2) is 4.79 Å². The summed E-state index contributed by atoms with van der Waals surface area (Å²) in [5.74, 6) is -1.79. The second-order valence-electron chi connectivity index (χ2n) is 18.1. The highest BCUT2D eigenvalue weighted by atomic mass is 16.4. The second-order valence-corrected chi connectivity index (χ2v) is 18.1. The van der Waals surface area contributed by atoms with Crippen LogP contribution in [-0.4, -0.2) is 21.3 Å². The Labute approximate surface area is 374 Å². The molecule has 0 spiro atoms. The van der Waals surface area contributed by atoms with Gasteiger partial charge in [0.25, 0.3) is 0 Å². The summed E-state index contributed by atoms with van der Waals surface area (Å²) in [6, 6.07) is 2.48. The van der Waals surface area contributed by atoms with E-state index >= 15 is 0 Å². The normalized spacial score (nSPS) is 14.2. The van der Waals surface area contributed by atoms with E-state index in [-0.39, 0.29) is 11.3 Å². The Kier molecular flexibility index (Phi) is 29.1. The summed E-state index contributed by atoms with van der Waals surface area (Å²) < 4.78 is 0. The topological polar surface area (TPSA) is 77.8 Å². The highest BCUT2D eigenvalue weighted by Gasteiger charge is 2.12. The zero-order valence-corrected chi connectivity index (χ0v) is 40.6. The molecule has 4 nitrogen and oxygen atoms in total. The van der Waals surface area contributed by atoms with E-state index in [2.05, 4.69) is 124 Å². The monoisotopic (exact) mass is 835 g/mol. The molecule has 0 bridgehead atoms. The van der Waals surface area contributed by atoms with Gasteiger partial charge in [-0.05, 0) is 210 Å². The van der Waals surface area contributed by atoms with E-state index in [0.29, 0.717) is 12.0 Å². The number of carboxylic acid groups (broad SMARTS) is 1. The maximum absolute atomic E-state index is 11.3. The highest BCUT2D eigenvalue weighted by Crippen LogP contribution is 2.31. The predicted molar refractivity (Wildman–Crippen MR) is 267 cm³/mol. The fourth-order valence-corrected chi connectivity index (χ4v) is 7.12. The molecule has 0 aliphatic rings. The van der Waals surface area contributed by atoms with E-state index < -0.39 is 11.7 Å². The molecule has 0 radical (unpaired) electrons. The van der Waals surface area contributed by atoms with Crippen molar-refractivity contribution < 1.29 is 20.1 Å². The van der Waals surface area contributed by atoms with Crippen molar-refractivity contribution in [3.8, 4) is 11.5 Å². The summed E-state index contributed by atoms with van der Waals surface area (Å²) in [6.45, 7) is 24.5. The molecule has 0 heterocycles. The van der Waals surface area contributed by atoms with Crippen LogP contribution in [0, 0.1) is 0 Å². The number of benzene rings is 1. The minimum atomic E-state index is -1.13. The van der Waals surface area contributed by atoms with Crippen molar-refractivity contribution in [3.05, 3.63) is 140 Å². The average Bonchev–Trinajstić information content (AvgIpc) is 3.18. The lowest BCUT2D eigenvalue weighted by molar-refractivity contribution is 0.0696. The van der Waals surface area contributed by atoms with E-state index in [4.69, 9.17) is 0 Å². The molecule has 4 heteroatoms.